The highest BCUT2D eigenvalue weighted by Crippen LogP contribution is 2.30. The van der Waals surface area contributed by atoms with E-state index in [0.29, 0.717) is 0 Å². The maximum absolute atomic E-state index is 3.36. The summed E-state index contributed by atoms with van der Waals surface area (Å²) >= 11 is 1.79. The second-order valence-electron chi connectivity index (χ2n) is 5.35. The van der Waals surface area contributed by atoms with Crippen molar-refractivity contribution in [2.45, 2.75) is 9.79 Å². The lowest BCUT2D eigenvalue weighted by Crippen LogP contribution is -2.08. The smallest absolute Gasteiger partial charge is 0.0361 e. The molecule has 0 fully saturated rings. The minimum atomic E-state index is 1.23. The molecule has 2 aromatic rings. The van der Waals surface area contributed by atoms with Gasteiger partial charge in [-0.1, -0.05) is 37.1 Å². The van der Waals surface area contributed by atoms with Crippen LogP contribution in [0.3, 0.4) is 0 Å². The average molecular weight is 327 g/mol. The second-order valence-corrected chi connectivity index (χ2v) is 6.50. The number of anilines is 2. The third kappa shape index (κ3) is 6.66. The normalized spacial score (nSPS) is 9.39. The molecule has 2 rings (SSSR count). The largest absolute Gasteiger partial charge is 0.378 e. The molecule has 2 aromatic carbocycles. The summed E-state index contributed by atoms with van der Waals surface area (Å²) in [5.74, 6) is 0. The van der Waals surface area contributed by atoms with Crippen LogP contribution in [0.25, 0.3) is 0 Å². The molecule has 2 nitrogen and oxygen atoms in total. The Balaban J connectivity index is 0.000000593. The molecule has 0 aliphatic carbocycles. The molecule has 0 aromatic heterocycles. The SMILES string of the molecule is C=CC=C.CN(C)c1ccc(Sc2ccc(N(C)C)cc2)cc1. The van der Waals surface area contributed by atoms with Gasteiger partial charge in [-0.2, -0.15) is 0 Å². The first kappa shape index (κ1) is 18.9. The van der Waals surface area contributed by atoms with Crippen LogP contribution in [-0.4, -0.2) is 28.2 Å². The number of rotatable bonds is 5. The monoisotopic (exact) mass is 326 g/mol. The molecule has 0 unspecified atom stereocenters. The Bertz CT molecular complexity index is 543. The minimum Gasteiger partial charge on any atom is -0.378 e. The summed E-state index contributed by atoms with van der Waals surface area (Å²) < 4.78 is 0. The predicted molar refractivity (Wildman–Crippen MR) is 106 cm³/mol. The second kappa shape index (κ2) is 9.80. The van der Waals surface area contributed by atoms with E-state index in [1.165, 1.54) is 21.2 Å². The first-order chi connectivity index (χ1) is 11.0. The summed E-state index contributed by atoms with van der Waals surface area (Å²) in [5.41, 5.74) is 2.46. The number of hydrogen-bond acceptors (Lipinski definition) is 3. The van der Waals surface area contributed by atoms with Gasteiger partial charge in [0.2, 0.25) is 0 Å². The van der Waals surface area contributed by atoms with Crippen molar-refractivity contribution in [2.24, 2.45) is 0 Å². The molecule has 0 saturated carbocycles. The summed E-state index contributed by atoms with van der Waals surface area (Å²) in [6.45, 7) is 6.72. The molecule has 0 atom stereocenters. The fraction of sp³-hybridized carbons (Fsp3) is 0.200. The Morgan fingerprint density at radius 3 is 1.17 bits per heavy atom. The van der Waals surface area contributed by atoms with E-state index in [2.05, 4.69) is 99.7 Å². The van der Waals surface area contributed by atoms with E-state index in [-0.39, 0.29) is 0 Å². The van der Waals surface area contributed by atoms with E-state index in [1.807, 2.05) is 0 Å². The van der Waals surface area contributed by atoms with Crippen LogP contribution in [-0.2, 0) is 0 Å². The van der Waals surface area contributed by atoms with Crippen molar-refractivity contribution in [1.82, 2.24) is 0 Å². The zero-order valence-corrected chi connectivity index (χ0v) is 15.3. The first-order valence-corrected chi connectivity index (χ1v) is 8.25. The van der Waals surface area contributed by atoms with Gasteiger partial charge in [-0.05, 0) is 48.5 Å². The van der Waals surface area contributed by atoms with E-state index >= 15 is 0 Å². The molecular weight excluding hydrogens is 300 g/mol. The molecule has 0 heterocycles. The van der Waals surface area contributed by atoms with E-state index in [9.17, 15) is 0 Å². The van der Waals surface area contributed by atoms with Crippen LogP contribution >= 0.6 is 11.8 Å². The molecule has 122 valence electrons. The molecule has 0 N–H and O–H groups in total. The Kier molecular flexibility index (Phi) is 8.06. The molecule has 3 heteroatoms. The van der Waals surface area contributed by atoms with Crippen LogP contribution < -0.4 is 9.80 Å². The van der Waals surface area contributed by atoms with Crippen LogP contribution in [0, 0.1) is 0 Å². The zero-order valence-electron chi connectivity index (χ0n) is 14.5. The van der Waals surface area contributed by atoms with Crippen molar-refractivity contribution in [3.63, 3.8) is 0 Å². The molecule has 0 spiro atoms. The molecule has 0 bridgehead atoms. The van der Waals surface area contributed by atoms with Gasteiger partial charge >= 0.3 is 0 Å². The van der Waals surface area contributed by atoms with E-state index in [1.54, 1.807) is 23.9 Å². The summed E-state index contributed by atoms with van der Waals surface area (Å²) in [6, 6.07) is 17.3. The van der Waals surface area contributed by atoms with Gasteiger partial charge in [-0.15, -0.1) is 0 Å². The Morgan fingerprint density at radius 2 is 0.957 bits per heavy atom. The fourth-order valence-electron chi connectivity index (χ4n) is 1.76. The Morgan fingerprint density at radius 1 is 0.652 bits per heavy atom. The predicted octanol–water partition coefficient (Wildman–Crippen LogP) is 5.33. The third-order valence-electron chi connectivity index (χ3n) is 3.11. The fourth-order valence-corrected chi connectivity index (χ4v) is 2.58. The standard InChI is InChI=1S/C16H20N2S.C4H6/c1-17(2)13-5-9-15(10-6-13)19-16-11-7-14(8-12-16)18(3)4;1-3-4-2/h5-12H,1-4H3;3-4H,1-2H2. The highest BCUT2D eigenvalue weighted by Gasteiger charge is 2.00. The van der Waals surface area contributed by atoms with E-state index in [4.69, 9.17) is 0 Å². The van der Waals surface area contributed by atoms with Crippen molar-refractivity contribution in [3.8, 4) is 0 Å². The summed E-state index contributed by atoms with van der Waals surface area (Å²) in [6.07, 6.45) is 3.28. The summed E-state index contributed by atoms with van der Waals surface area (Å²) in [7, 11) is 8.23. The first-order valence-electron chi connectivity index (χ1n) is 7.44. The summed E-state index contributed by atoms with van der Waals surface area (Å²) in [5, 5.41) is 0. The molecule has 23 heavy (non-hydrogen) atoms. The Labute approximate surface area is 145 Å². The van der Waals surface area contributed by atoms with Crippen molar-refractivity contribution < 1.29 is 0 Å². The molecule has 0 amide bonds. The van der Waals surface area contributed by atoms with E-state index < -0.39 is 0 Å². The molecule has 0 aliphatic rings. The van der Waals surface area contributed by atoms with Gasteiger partial charge in [0.25, 0.3) is 0 Å². The van der Waals surface area contributed by atoms with Gasteiger partial charge in [-0.3, -0.25) is 0 Å². The van der Waals surface area contributed by atoms with Gasteiger partial charge in [-0.25, -0.2) is 0 Å². The van der Waals surface area contributed by atoms with Crippen LogP contribution in [0.4, 0.5) is 11.4 Å². The van der Waals surface area contributed by atoms with Gasteiger partial charge in [0.05, 0.1) is 0 Å². The zero-order chi connectivity index (χ0) is 17.2. The van der Waals surface area contributed by atoms with Crippen molar-refractivity contribution in [2.75, 3.05) is 38.0 Å². The number of allylic oxidation sites excluding steroid dienone is 2. The maximum atomic E-state index is 3.36. The lowest BCUT2D eigenvalue weighted by atomic mass is 10.3. The number of benzene rings is 2. The third-order valence-corrected chi connectivity index (χ3v) is 4.12. The molecule has 0 radical (unpaired) electrons. The number of nitrogens with zero attached hydrogens (tertiary/aromatic N) is 2. The van der Waals surface area contributed by atoms with E-state index in [0.717, 1.165) is 0 Å². The minimum absolute atomic E-state index is 1.23. The highest BCUT2D eigenvalue weighted by atomic mass is 32.2. The highest BCUT2D eigenvalue weighted by molar-refractivity contribution is 7.99. The van der Waals surface area contributed by atoms with Crippen molar-refractivity contribution in [1.29, 1.82) is 0 Å². The van der Waals surface area contributed by atoms with Gasteiger partial charge in [0.15, 0.2) is 0 Å². The maximum Gasteiger partial charge on any atom is 0.0361 e. The Hall–Kier alpha value is -2.13. The van der Waals surface area contributed by atoms with Crippen molar-refractivity contribution >= 4 is 23.1 Å². The van der Waals surface area contributed by atoms with Crippen LogP contribution in [0.2, 0.25) is 0 Å². The average Bonchev–Trinajstić information content (AvgIpc) is 2.56. The van der Waals surface area contributed by atoms with Gasteiger partial charge in [0.1, 0.15) is 0 Å². The summed E-state index contributed by atoms with van der Waals surface area (Å²) in [4.78, 5) is 6.76. The van der Waals surface area contributed by atoms with Crippen LogP contribution in [0.15, 0.2) is 83.6 Å². The molecule has 0 saturated heterocycles. The molecular formula is C20H26N2S. The topological polar surface area (TPSA) is 6.48 Å². The lowest BCUT2D eigenvalue weighted by molar-refractivity contribution is 1.12. The quantitative estimate of drug-likeness (QED) is 0.686. The van der Waals surface area contributed by atoms with Crippen LogP contribution in [0.1, 0.15) is 0 Å². The van der Waals surface area contributed by atoms with Crippen molar-refractivity contribution in [3.05, 3.63) is 73.8 Å². The van der Waals surface area contributed by atoms with Gasteiger partial charge in [0, 0.05) is 49.4 Å². The van der Waals surface area contributed by atoms with Gasteiger partial charge < -0.3 is 9.80 Å². The lowest BCUT2D eigenvalue weighted by Gasteiger charge is -2.13. The van der Waals surface area contributed by atoms with Crippen LogP contribution in [0.5, 0.6) is 0 Å². The molecule has 0 aliphatic heterocycles. The number of hydrogen-bond donors (Lipinski definition) is 0.